The van der Waals surface area contributed by atoms with E-state index in [1.54, 1.807) is 24.6 Å². The van der Waals surface area contributed by atoms with Gasteiger partial charge in [0.1, 0.15) is 5.75 Å². The summed E-state index contributed by atoms with van der Waals surface area (Å²) < 4.78 is 32.8. The van der Waals surface area contributed by atoms with E-state index in [1.165, 1.54) is 29.7 Å². The molecule has 1 saturated heterocycles. The van der Waals surface area contributed by atoms with E-state index in [0.29, 0.717) is 36.8 Å². The number of ether oxygens (including phenoxy) is 1. The van der Waals surface area contributed by atoms with Crippen LogP contribution in [0.3, 0.4) is 0 Å². The Morgan fingerprint density at radius 3 is 2.45 bits per heavy atom. The third kappa shape index (κ3) is 5.76. The summed E-state index contributed by atoms with van der Waals surface area (Å²) in [6, 6.07) is 17.6. The van der Waals surface area contributed by atoms with Gasteiger partial charge in [0.2, 0.25) is 5.91 Å². The van der Waals surface area contributed by atoms with Crippen LogP contribution in [0.4, 0.5) is 16.6 Å². The van der Waals surface area contributed by atoms with Crippen LogP contribution < -0.4 is 19.7 Å². The van der Waals surface area contributed by atoms with E-state index >= 15 is 0 Å². The fourth-order valence-electron chi connectivity index (χ4n) is 4.27. The molecule has 12 heteroatoms. The van der Waals surface area contributed by atoms with Crippen LogP contribution in [-0.2, 0) is 14.8 Å². The molecule has 0 saturated carbocycles. The third-order valence-electron chi connectivity index (χ3n) is 6.31. The Bertz CT molecular complexity index is 1490. The Labute approximate surface area is 224 Å². The van der Waals surface area contributed by atoms with Crippen molar-refractivity contribution in [2.45, 2.75) is 17.7 Å². The molecule has 5 rings (SSSR count). The predicted octanol–water partition coefficient (Wildman–Crippen LogP) is 4.26. The zero-order valence-electron chi connectivity index (χ0n) is 20.6. The monoisotopic (exact) mass is 550 g/mol. The van der Waals surface area contributed by atoms with Crippen LogP contribution in [-0.4, -0.2) is 49.7 Å². The number of amides is 1. The number of aromatic nitrogens is 3. The van der Waals surface area contributed by atoms with Crippen molar-refractivity contribution in [2.24, 2.45) is 5.92 Å². The molecular formula is C26H26N6O4S2. The number of nitrogens with zero attached hydrogens (tertiary/aromatic N) is 4. The van der Waals surface area contributed by atoms with E-state index in [2.05, 4.69) is 30.1 Å². The molecule has 1 aliphatic heterocycles. The molecule has 2 N–H and O–H groups in total. The molecule has 0 aliphatic carbocycles. The van der Waals surface area contributed by atoms with Crippen molar-refractivity contribution >= 4 is 43.9 Å². The van der Waals surface area contributed by atoms with E-state index in [4.69, 9.17) is 4.74 Å². The second kappa shape index (κ2) is 11.2. The van der Waals surface area contributed by atoms with Crippen molar-refractivity contribution in [3.63, 3.8) is 0 Å². The molecular weight excluding hydrogens is 524 g/mol. The summed E-state index contributed by atoms with van der Waals surface area (Å²) in [5.41, 5.74) is 2.16. The number of benzene rings is 2. The standard InChI is InChI=1S/C26H26N6O4S2/c1-36-23-5-3-2-4-21(23)22-10-11-24(30-29-22)32-15-12-18(13-16-32)25(33)28-19-6-8-20(9-7-19)38(34,35)31-26-27-14-17-37-26/h2-11,14,17-18H,12-13,15-16H2,1H3,(H,27,31)(H,28,33). The summed E-state index contributed by atoms with van der Waals surface area (Å²) in [6.45, 7) is 1.36. The Morgan fingerprint density at radius 1 is 1.03 bits per heavy atom. The Morgan fingerprint density at radius 2 is 1.79 bits per heavy atom. The van der Waals surface area contributed by atoms with Crippen LogP contribution in [0.1, 0.15) is 12.8 Å². The smallest absolute Gasteiger partial charge is 0.263 e. The topological polar surface area (TPSA) is 126 Å². The summed E-state index contributed by atoms with van der Waals surface area (Å²) in [6.07, 6.45) is 2.87. The lowest BCUT2D eigenvalue weighted by Gasteiger charge is -2.31. The molecule has 2 aromatic carbocycles. The number of rotatable bonds is 8. The Balaban J connectivity index is 1.15. The first kappa shape index (κ1) is 25.6. The number of hydrogen-bond acceptors (Lipinski definition) is 9. The largest absolute Gasteiger partial charge is 0.496 e. The fourth-order valence-corrected chi connectivity index (χ4v) is 6.06. The number of anilines is 3. The molecule has 0 atom stereocenters. The predicted molar refractivity (Wildman–Crippen MR) is 147 cm³/mol. The first-order valence-corrected chi connectivity index (χ1v) is 14.3. The van der Waals surface area contributed by atoms with E-state index in [-0.39, 0.29) is 16.7 Å². The average Bonchev–Trinajstić information content (AvgIpc) is 3.46. The highest BCUT2D eigenvalue weighted by Crippen LogP contribution is 2.29. The van der Waals surface area contributed by atoms with E-state index in [9.17, 15) is 13.2 Å². The molecule has 0 unspecified atom stereocenters. The van der Waals surface area contributed by atoms with Crippen LogP contribution in [0, 0.1) is 5.92 Å². The Hall–Kier alpha value is -4.03. The van der Waals surface area contributed by atoms with Crippen LogP contribution in [0.5, 0.6) is 5.75 Å². The van der Waals surface area contributed by atoms with Gasteiger partial charge in [-0.15, -0.1) is 21.5 Å². The summed E-state index contributed by atoms with van der Waals surface area (Å²) in [7, 11) is -2.11. The van der Waals surface area contributed by atoms with Gasteiger partial charge < -0.3 is 15.0 Å². The fraction of sp³-hybridized carbons (Fsp3) is 0.231. The van der Waals surface area contributed by atoms with Gasteiger partial charge in [-0.25, -0.2) is 13.4 Å². The van der Waals surface area contributed by atoms with Crippen molar-refractivity contribution in [3.05, 3.63) is 72.2 Å². The van der Waals surface area contributed by atoms with Gasteiger partial charge in [-0.1, -0.05) is 12.1 Å². The number of carbonyl (C=O) groups is 1. The van der Waals surface area contributed by atoms with Gasteiger partial charge in [-0.2, -0.15) is 0 Å². The molecule has 0 bridgehead atoms. The minimum atomic E-state index is -3.74. The lowest BCUT2D eigenvalue weighted by molar-refractivity contribution is -0.120. The third-order valence-corrected chi connectivity index (χ3v) is 8.48. The SMILES string of the molecule is COc1ccccc1-c1ccc(N2CCC(C(=O)Nc3ccc(S(=O)(=O)Nc4nccs4)cc3)CC2)nn1. The number of sulfonamides is 1. The first-order valence-electron chi connectivity index (χ1n) is 12.0. The minimum Gasteiger partial charge on any atom is -0.496 e. The number of para-hydroxylation sites is 1. The van der Waals surface area contributed by atoms with E-state index < -0.39 is 10.0 Å². The first-order chi connectivity index (χ1) is 18.4. The maximum absolute atomic E-state index is 12.9. The van der Waals surface area contributed by atoms with E-state index in [1.807, 2.05) is 36.4 Å². The molecule has 1 aliphatic rings. The van der Waals surface area contributed by atoms with Crippen LogP contribution in [0.2, 0.25) is 0 Å². The highest BCUT2D eigenvalue weighted by molar-refractivity contribution is 7.93. The summed E-state index contributed by atoms with van der Waals surface area (Å²) in [5, 5.41) is 13.7. The zero-order chi connectivity index (χ0) is 26.5. The molecule has 0 spiro atoms. The average molecular weight is 551 g/mol. The molecule has 2 aromatic heterocycles. The summed E-state index contributed by atoms with van der Waals surface area (Å²) in [4.78, 5) is 19.0. The maximum Gasteiger partial charge on any atom is 0.263 e. The van der Waals surface area contributed by atoms with Crippen molar-refractivity contribution in [1.82, 2.24) is 15.2 Å². The van der Waals surface area contributed by atoms with Gasteiger partial charge in [0, 0.05) is 41.8 Å². The van der Waals surface area contributed by atoms with Gasteiger partial charge in [0.05, 0.1) is 17.7 Å². The number of piperidine rings is 1. The molecule has 10 nitrogen and oxygen atoms in total. The number of thiazole rings is 1. The second-order valence-corrected chi connectivity index (χ2v) is 11.3. The molecule has 196 valence electrons. The molecule has 1 amide bonds. The summed E-state index contributed by atoms with van der Waals surface area (Å²) >= 11 is 1.20. The van der Waals surface area contributed by atoms with Crippen molar-refractivity contribution in [3.8, 4) is 17.0 Å². The van der Waals surface area contributed by atoms with Gasteiger partial charge in [-0.05, 0) is 61.4 Å². The summed E-state index contributed by atoms with van der Waals surface area (Å²) in [5.74, 6) is 1.27. The van der Waals surface area contributed by atoms with Crippen LogP contribution >= 0.6 is 11.3 Å². The highest BCUT2D eigenvalue weighted by Gasteiger charge is 2.26. The molecule has 3 heterocycles. The zero-order valence-corrected chi connectivity index (χ0v) is 22.2. The van der Waals surface area contributed by atoms with Crippen LogP contribution in [0.15, 0.2) is 77.1 Å². The van der Waals surface area contributed by atoms with Crippen molar-refractivity contribution < 1.29 is 17.9 Å². The van der Waals surface area contributed by atoms with Gasteiger partial charge >= 0.3 is 0 Å². The normalized spacial score (nSPS) is 14.2. The van der Waals surface area contributed by atoms with Gasteiger partial charge in [0.15, 0.2) is 10.9 Å². The number of hydrogen-bond donors (Lipinski definition) is 2. The molecule has 0 radical (unpaired) electrons. The second-order valence-electron chi connectivity index (χ2n) is 8.69. The lowest BCUT2D eigenvalue weighted by Crippen LogP contribution is -2.38. The van der Waals surface area contributed by atoms with Crippen LogP contribution in [0.25, 0.3) is 11.3 Å². The van der Waals surface area contributed by atoms with Crippen molar-refractivity contribution in [2.75, 3.05) is 35.1 Å². The van der Waals surface area contributed by atoms with E-state index in [0.717, 1.165) is 22.8 Å². The maximum atomic E-state index is 12.9. The Kier molecular flexibility index (Phi) is 7.52. The van der Waals surface area contributed by atoms with Gasteiger partial charge in [0.25, 0.3) is 10.0 Å². The molecule has 1 fully saturated rings. The highest BCUT2D eigenvalue weighted by atomic mass is 32.2. The lowest BCUT2D eigenvalue weighted by atomic mass is 9.96. The number of methoxy groups -OCH3 is 1. The quantitative estimate of drug-likeness (QED) is 0.333. The number of nitrogens with one attached hydrogen (secondary N) is 2. The molecule has 4 aromatic rings. The molecule has 38 heavy (non-hydrogen) atoms. The minimum absolute atomic E-state index is 0.0845. The van der Waals surface area contributed by atoms with Gasteiger partial charge in [-0.3, -0.25) is 9.52 Å². The van der Waals surface area contributed by atoms with Crippen molar-refractivity contribution in [1.29, 1.82) is 0 Å². The number of carbonyl (C=O) groups excluding carboxylic acids is 1.